The number of rotatable bonds is 4. The first kappa shape index (κ1) is 10.0. The van der Waals surface area contributed by atoms with Crippen LogP contribution in [0.25, 0.3) is 0 Å². The maximum atomic E-state index is 8.53. The van der Waals surface area contributed by atoms with Crippen molar-refractivity contribution in [2.45, 2.75) is 19.9 Å². The lowest BCUT2D eigenvalue weighted by Gasteiger charge is -2.08. The minimum absolute atomic E-state index is 0.469. The van der Waals surface area contributed by atoms with E-state index < -0.39 is 0 Å². The van der Waals surface area contributed by atoms with Crippen LogP contribution in [0.2, 0.25) is 0 Å². The molecule has 0 radical (unpaired) electrons. The van der Waals surface area contributed by atoms with Gasteiger partial charge in [-0.05, 0) is 23.6 Å². The molecule has 1 aromatic carbocycles. The molecular weight excluding hydrogens is 166 g/mol. The zero-order valence-corrected chi connectivity index (χ0v) is 8.00. The molecule has 0 saturated heterocycles. The summed E-state index contributed by atoms with van der Waals surface area (Å²) in [7, 11) is 1.67. The van der Waals surface area contributed by atoms with Crippen LogP contribution in [-0.2, 0) is 13.0 Å². The van der Waals surface area contributed by atoms with Crippen LogP contribution in [0.15, 0.2) is 18.2 Å². The molecule has 0 bridgehead atoms. The van der Waals surface area contributed by atoms with E-state index in [1.54, 1.807) is 7.11 Å². The van der Waals surface area contributed by atoms with Crippen LogP contribution >= 0.6 is 0 Å². The summed E-state index contributed by atoms with van der Waals surface area (Å²) in [6.07, 6.45) is 0.933. The third-order valence-corrected chi connectivity index (χ3v) is 2.01. The highest BCUT2D eigenvalue weighted by Crippen LogP contribution is 2.20. The van der Waals surface area contributed by atoms with Crippen molar-refractivity contribution >= 4 is 0 Å². The third kappa shape index (κ3) is 2.44. The molecule has 0 spiro atoms. The fourth-order valence-electron chi connectivity index (χ4n) is 1.31. The Hall–Kier alpha value is -1.06. The number of aryl methyl sites for hydroxylation is 1. The lowest BCUT2D eigenvalue weighted by molar-refractivity contribution is 0.161. The minimum Gasteiger partial charge on any atom is -0.496 e. The van der Waals surface area contributed by atoms with E-state index in [1.807, 2.05) is 18.2 Å². The molecule has 13 heavy (non-hydrogen) atoms. The molecule has 0 aliphatic rings. The summed E-state index contributed by atoms with van der Waals surface area (Å²) in [6, 6.07) is 5.88. The lowest BCUT2D eigenvalue weighted by Crippen LogP contribution is -2.06. The Kier molecular flexibility index (Phi) is 3.73. The minimum atomic E-state index is 0.469. The summed E-state index contributed by atoms with van der Waals surface area (Å²) < 4.78 is 5.19. The second kappa shape index (κ2) is 4.84. The number of hydrogen-bond acceptors (Lipinski definition) is 3. The number of hydroxylamine groups is 1. The summed E-state index contributed by atoms with van der Waals surface area (Å²) >= 11 is 0. The van der Waals surface area contributed by atoms with Gasteiger partial charge in [0.1, 0.15) is 5.75 Å². The van der Waals surface area contributed by atoms with Crippen molar-refractivity contribution in [1.82, 2.24) is 5.48 Å². The van der Waals surface area contributed by atoms with Crippen molar-refractivity contribution in [3.05, 3.63) is 29.3 Å². The first-order valence-corrected chi connectivity index (χ1v) is 4.34. The van der Waals surface area contributed by atoms with Crippen LogP contribution in [0, 0.1) is 0 Å². The monoisotopic (exact) mass is 181 g/mol. The molecule has 0 fully saturated rings. The zero-order valence-electron chi connectivity index (χ0n) is 8.00. The van der Waals surface area contributed by atoms with E-state index in [9.17, 15) is 0 Å². The van der Waals surface area contributed by atoms with E-state index in [1.165, 1.54) is 0 Å². The van der Waals surface area contributed by atoms with Gasteiger partial charge < -0.3 is 9.94 Å². The molecule has 0 aliphatic heterocycles. The highest BCUT2D eigenvalue weighted by atomic mass is 16.5. The third-order valence-electron chi connectivity index (χ3n) is 2.01. The standard InChI is InChI=1S/C10H15NO2/c1-3-9-6-8(7-11-12)4-5-10(9)13-2/h4-6,11-12H,3,7H2,1-2H3. The summed E-state index contributed by atoms with van der Waals surface area (Å²) in [5.41, 5.74) is 4.35. The van der Waals surface area contributed by atoms with E-state index in [2.05, 4.69) is 12.4 Å². The summed E-state index contributed by atoms with van der Waals surface area (Å²) in [5.74, 6) is 0.907. The van der Waals surface area contributed by atoms with Crippen molar-refractivity contribution in [2.24, 2.45) is 0 Å². The van der Waals surface area contributed by atoms with Gasteiger partial charge >= 0.3 is 0 Å². The summed E-state index contributed by atoms with van der Waals surface area (Å²) in [4.78, 5) is 0. The molecule has 1 rings (SSSR count). The predicted octanol–water partition coefficient (Wildman–Crippen LogP) is 1.74. The van der Waals surface area contributed by atoms with Gasteiger partial charge in [0.2, 0.25) is 0 Å². The summed E-state index contributed by atoms with van der Waals surface area (Å²) in [5, 5.41) is 8.53. The molecule has 0 atom stereocenters. The molecule has 3 nitrogen and oxygen atoms in total. The largest absolute Gasteiger partial charge is 0.496 e. The average molecular weight is 181 g/mol. The molecule has 0 aliphatic carbocycles. The predicted molar refractivity (Wildman–Crippen MR) is 51.0 cm³/mol. The molecule has 0 aromatic heterocycles. The van der Waals surface area contributed by atoms with E-state index in [0.29, 0.717) is 6.54 Å². The Morgan fingerprint density at radius 1 is 1.46 bits per heavy atom. The molecule has 2 N–H and O–H groups in total. The first-order chi connectivity index (χ1) is 6.31. The Balaban J connectivity index is 2.91. The van der Waals surface area contributed by atoms with E-state index in [4.69, 9.17) is 9.94 Å². The van der Waals surface area contributed by atoms with E-state index >= 15 is 0 Å². The molecule has 72 valence electrons. The van der Waals surface area contributed by atoms with Crippen LogP contribution in [-0.4, -0.2) is 12.3 Å². The second-order valence-corrected chi connectivity index (χ2v) is 2.83. The molecule has 0 amide bonds. The Labute approximate surface area is 78.3 Å². The van der Waals surface area contributed by atoms with Crippen molar-refractivity contribution < 1.29 is 9.94 Å². The number of methoxy groups -OCH3 is 1. The molecule has 3 heteroatoms. The Morgan fingerprint density at radius 2 is 2.23 bits per heavy atom. The lowest BCUT2D eigenvalue weighted by atomic mass is 10.1. The molecular formula is C10H15NO2. The van der Waals surface area contributed by atoms with Gasteiger partial charge in [0.25, 0.3) is 0 Å². The highest BCUT2D eigenvalue weighted by molar-refractivity contribution is 5.37. The van der Waals surface area contributed by atoms with E-state index in [0.717, 1.165) is 23.3 Å². The van der Waals surface area contributed by atoms with Crippen LogP contribution < -0.4 is 10.2 Å². The quantitative estimate of drug-likeness (QED) is 0.695. The van der Waals surface area contributed by atoms with Crippen LogP contribution in [0.1, 0.15) is 18.1 Å². The van der Waals surface area contributed by atoms with E-state index in [-0.39, 0.29) is 0 Å². The van der Waals surface area contributed by atoms with Gasteiger partial charge in [-0.25, -0.2) is 5.48 Å². The highest BCUT2D eigenvalue weighted by Gasteiger charge is 2.01. The Morgan fingerprint density at radius 3 is 2.77 bits per heavy atom. The SMILES string of the molecule is CCc1cc(CNO)ccc1OC. The number of nitrogens with one attached hydrogen (secondary N) is 1. The van der Waals surface area contributed by atoms with Gasteiger partial charge in [0.05, 0.1) is 7.11 Å². The van der Waals surface area contributed by atoms with Crippen LogP contribution in [0.5, 0.6) is 5.75 Å². The molecule has 1 aromatic rings. The van der Waals surface area contributed by atoms with Gasteiger partial charge in [0, 0.05) is 6.54 Å². The number of benzene rings is 1. The smallest absolute Gasteiger partial charge is 0.122 e. The zero-order chi connectivity index (χ0) is 9.68. The van der Waals surface area contributed by atoms with Gasteiger partial charge in [-0.1, -0.05) is 19.1 Å². The average Bonchev–Trinajstić information content (AvgIpc) is 2.18. The summed E-state index contributed by atoms with van der Waals surface area (Å²) in [6.45, 7) is 2.55. The van der Waals surface area contributed by atoms with Gasteiger partial charge in [-0.15, -0.1) is 0 Å². The fraction of sp³-hybridized carbons (Fsp3) is 0.400. The van der Waals surface area contributed by atoms with Crippen molar-refractivity contribution in [3.63, 3.8) is 0 Å². The van der Waals surface area contributed by atoms with Crippen LogP contribution in [0.3, 0.4) is 0 Å². The Bertz CT molecular complexity index is 274. The van der Waals surface area contributed by atoms with Crippen molar-refractivity contribution in [3.8, 4) is 5.75 Å². The normalized spacial score (nSPS) is 10.1. The van der Waals surface area contributed by atoms with Gasteiger partial charge in [-0.3, -0.25) is 0 Å². The van der Waals surface area contributed by atoms with Gasteiger partial charge in [-0.2, -0.15) is 0 Å². The number of hydrogen-bond donors (Lipinski definition) is 2. The van der Waals surface area contributed by atoms with Crippen molar-refractivity contribution in [2.75, 3.05) is 7.11 Å². The van der Waals surface area contributed by atoms with Gasteiger partial charge in [0.15, 0.2) is 0 Å². The molecule has 0 saturated carbocycles. The number of ether oxygens (including phenoxy) is 1. The topological polar surface area (TPSA) is 41.5 Å². The fourth-order valence-corrected chi connectivity index (χ4v) is 1.31. The molecule has 0 unspecified atom stereocenters. The van der Waals surface area contributed by atoms with Crippen LogP contribution in [0.4, 0.5) is 0 Å². The second-order valence-electron chi connectivity index (χ2n) is 2.83. The first-order valence-electron chi connectivity index (χ1n) is 4.34. The maximum absolute atomic E-state index is 8.53. The maximum Gasteiger partial charge on any atom is 0.122 e. The molecule has 0 heterocycles. The van der Waals surface area contributed by atoms with Crippen molar-refractivity contribution in [1.29, 1.82) is 0 Å².